The molecule has 0 saturated heterocycles. The van der Waals surface area contributed by atoms with Gasteiger partial charge in [-0.05, 0) is 24.8 Å². The first kappa shape index (κ1) is 16.4. The highest BCUT2D eigenvalue weighted by molar-refractivity contribution is 5.76. The number of hydrogen-bond acceptors (Lipinski definition) is 3. The molecule has 1 aliphatic rings. The minimum atomic E-state index is -0.262. The third-order valence-corrected chi connectivity index (χ3v) is 4.69. The summed E-state index contributed by atoms with van der Waals surface area (Å²) in [5.74, 6) is 0.344. The van der Waals surface area contributed by atoms with Gasteiger partial charge in [-0.25, -0.2) is 4.68 Å². The van der Waals surface area contributed by atoms with Gasteiger partial charge in [-0.2, -0.15) is 5.10 Å². The van der Waals surface area contributed by atoms with Crippen molar-refractivity contribution < 1.29 is 4.79 Å². The van der Waals surface area contributed by atoms with E-state index in [1.165, 1.54) is 17.2 Å². The van der Waals surface area contributed by atoms with Crippen LogP contribution in [0.2, 0.25) is 0 Å². The number of amides is 1. The Morgan fingerprint density at radius 1 is 1.17 bits per heavy atom. The molecule has 3 rings (SSSR count). The first-order chi connectivity index (χ1) is 11.6. The maximum absolute atomic E-state index is 12.3. The molecule has 1 aliphatic carbocycles. The summed E-state index contributed by atoms with van der Waals surface area (Å²) in [6.07, 6.45) is 4.54. The molecule has 1 aromatic carbocycles. The predicted molar refractivity (Wildman–Crippen MR) is 93.5 cm³/mol. The molecule has 0 bridgehead atoms. The highest BCUT2D eigenvalue weighted by Gasteiger charge is 2.23. The Bertz CT molecular complexity index is 755. The summed E-state index contributed by atoms with van der Waals surface area (Å²) in [7, 11) is 0. The molecule has 24 heavy (non-hydrogen) atoms. The molecule has 2 aromatic rings. The third-order valence-electron chi connectivity index (χ3n) is 4.69. The van der Waals surface area contributed by atoms with E-state index in [0.29, 0.717) is 11.6 Å². The molecule has 2 atom stereocenters. The SMILES string of the molecule is C[C@@H]1CCCC[C@H]1NC(=O)Cn1nc(-c2ccccc2)ccc1=O. The Balaban J connectivity index is 1.72. The molecule has 0 aliphatic heterocycles. The second-order valence-electron chi connectivity index (χ2n) is 6.52. The van der Waals surface area contributed by atoms with Crippen LogP contribution in [0.25, 0.3) is 11.3 Å². The third kappa shape index (κ3) is 3.91. The van der Waals surface area contributed by atoms with E-state index in [1.807, 2.05) is 30.3 Å². The zero-order valence-corrected chi connectivity index (χ0v) is 13.9. The number of nitrogens with zero attached hydrogens (tertiary/aromatic N) is 2. The van der Waals surface area contributed by atoms with Crippen LogP contribution in [-0.4, -0.2) is 21.7 Å². The fourth-order valence-corrected chi connectivity index (χ4v) is 3.24. The van der Waals surface area contributed by atoms with Gasteiger partial charge in [-0.1, -0.05) is 50.1 Å². The van der Waals surface area contributed by atoms with Gasteiger partial charge in [0.15, 0.2) is 0 Å². The molecule has 0 unspecified atom stereocenters. The normalized spacial score (nSPS) is 20.5. The second-order valence-corrected chi connectivity index (χ2v) is 6.52. The van der Waals surface area contributed by atoms with Gasteiger partial charge in [0.25, 0.3) is 5.56 Å². The van der Waals surface area contributed by atoms with Gasteiger partial charge in [-0.3, -0.25) is 9.59 Å². The van der Waals surface area contributed by atoms with E-state index in [9.17, 15) is 9.59 Å². The fourth-order valence-electron chi connectivity index (χ4n) is 3.24. The first-order valence-electron chi connectivity index (χ1n) is 8.56. The number of hydrogen-bond donors (Lipinski definition) is 1. The summed E-state index contributed by atoms with van der Waals surface area (Å²) < 4.78 is 1.24. The largest absolute Gasteiger partial charge is 0.351 e. The molecule has 1 fully saturated rings. The zero-order valence-electron chi connectivity index (χ0n) is 13.9. The number of carbonyl (C=O) groups is 1. The van der Waals surface area contributed by atoms with Crippen molar-refractivity contribution in [3.8, 4) is 11.3 Å². The van der Waals surface area contributed by atoms with Gasteiger partial charge >= 0.3 is 0 Å². The fraction of sp³-hybridized carbons (Fsp3) is 0.421. The summed E-state index contributed by atoms with van der Waals surface area (Å²) in [6.45, 7) is 2.13. The summed E-state index contributed by atoms with van der Waals surface area (Å²) in [4.78, 5) is 24.3. The van der Waals surface area contributed by atoms with Crippen molar-refractivity contribution >= 4 is 5.91 Å². The van der Waals surface area contributed by atoms with Crippen LogP contribution in [0.5, 0.6) is 0 Å². The van der Waals surface area contributed by atoms with E-state index >= 15 is 0 Å². The minimum Gasteiger partial charge on any atom is -0.351 e. The van der Waals surface area contributed by atoms with Gasteiger partial charge in [0.2, 0.25) is 5.91 Å². The quantitative estimate of drug-likeness (QED) is 0.940. The van der Waals surface area contributed by atoms with E-state index < -0.39 is 0 Å². The Morgan fingerprint density at radius 3 is 2.67 bits per heavy atom. The molecular weight excluding hydrogens is 302 g/mol. The van der Waals surface area contributed by atoms with E-state index in [-0.39, 0.29) is 24.1 Å². The van der Waals surface area contributed by atoms with Gasteiger partial charge in [0.05, 0.1) is 5.69 Å². The molecule has 0 radical (unpaired) electrons. The average Bonchev–Trinajstić information content (AvgIpc) is 2.60. The van der Waals surface area contributed by atoms with E-state index in [4.69, 9.17) is 0 Å². The lowest BCUT2D eigenvalue weighted by Gasteiger charge is -2.29. The Morgan fingerprint density at radius 2 is 1.92 bits per heavy atom. The summed E-state index contributed by atoms with van der Waals surface area (Å²) in [6, 6.07) is 13.0. The number of aromatic nitrogens is 2. The lowest BCUT2D eigenvalue weighted by Crippen LogP contribution is -2.43. The van der Waals surface area contributed by atoms with Gasteiger partial charge < -0.3 is 5.32 Å². The second kappa shape index (κ2) is 7.43. The number of rotatable bonds is 4. The molecule has 1 aromatic heterocycles. The van der Waals surface area contributed by atoms with Crippen molar-refractivity contribution in [2.24, 2.45) is 5.92 Å². The van der Waals surface area contributed by atoms with Crippen molar-refractivity contribution in [3.63, 3.8) is 0 Å². The van der Waals surface area contributed by atoms with Crippen LogP contribution < -0.4 is 10.9 Å². The minimum absolute atomic E-state index is 0.0390. The van der Waals surface area contributed by atoms with Crippen molar-refractivity contribution in [2.45, 2.75) is 45.2 Å². The van der Waals surface area contributed by atoms with Gasteiger partial charge in [0, 0.05) is 17.7 Å². The highest BCUT2D eigenvalue weighted by Crippen LogP contribution is 2.23. The van der Waals surface area contributed by atoms with Crippen LogP contribution in [0.4, 0.5) is 0 Å². The molecule has 1 saturated carbocycles. The highest BCUT2D eigenvalue weighted by atomic mass is 16.2. The van der Waals surface area contributed by atoms with E-state index in [2.05, 4.69) is 17.3 Å². The van der Waals surface area contributed by atoms with Crippen LogP contribution in [0, 0.1) is 5.92 Å². The molecular formula is C19H23N3O2. The Hall–Kier alpha value is -2.43. The molecule has 1 heterocycles. The lowest BCUT2D eigenvalue weighted by atomic mass is 9.86. The lowest BCUT2D eigenvalue weighted by molar-refractivity contribution is -0.123. The van der Waals surface area contributed by atoms with Crippen molar-refractivity contribution in [1.29, 1.82) is 0 Å². The maximum Gasteiger partial charge on any atom is 0.267 e. The number of nitrogens with one attached hydrogen (secondary N) is 1. The van der Waals surface area contributed by atoms with Crippen LogP contribution in [0.1, 0.15) is 32.6 Å². The molecule has 5 nitrogen and oxygen atoms in total. The van der Waals surface area contributed by atoms with E-state index in [1.54, 1.807) is 6.07 Å². The molecule has 1 amide bonds. The first-order valence-corrected chi connectivity index (χ1v) is 8.56. The monoisotopic (exact) mass is 325 g/mol. The summed E-state index contributed by atoms with van der Waals surface area (Å²) in [5, 5.41) is 7.40. The van der Waals surface area contributed by atoms with Gasteiger partial charge in [0.1, 0.15) is 6.54 Å². The van der Waals surface area contributed by atoms with Crippen LogP contribution in [0.3, 0.4) is 0 Å². The topological polar surface area (TPSA) is 64.0 Å². The van der Waals surface area contributed by atoms with Crippen molar-refractivity contribution in [1.82, 2.24) is 15.1 Å². The molecule has 1 N–H and O–H groups in total. The van der Waals surface area contributed by atoms with Crippen LogP contribution >= 0.6 is 0 Å². The predicted octanol–water partition coefficient (Wildman–Crippen LogP) is 2.61. The summed E-state index contributed by atoms with van der Waals surface area (Å²) >= 11 is 0. The zero-order chi connectivity index (χ0) is 16.9. The number of benzene rings is 1. The number of carbonyl (C=O) groups excluding carboxylic acids is 1. The van der Waals surface area contributed by atoms with Crippen molar-refractivity contribution in [3.05, 3.63) is 52.8 Å². The maximum atomic E-state index is 12.3. The summed E-state index contributed by atoms with van der Waals surface area (Å²) in [5.41, 5.74) is 1.35. The standard InChI is InChI=1S/C19H23N3O2/c1-14-7-5-6-10-16(14)20-18(23)13-22-19(24)12-11-17(21-22)15-8-3-2-4-9-15/h2-4,8-9,11-12,14,16H,5-7,10,13H2,1H3,(H,20,23)/t14-,16-/m1/s1. The Kier molecular flexibility index (Phi) is 5.08. The average molecular weight is 325 g/mol. The molecule has 126 valence electrons. The molecule has 0 spiro atoms. The Labute approximate surface area is 141 Å². The molecule has 5 heteroatoms. The smallest absolute Gasteiger partial charge is 0.267 e. The van der Waals surface area contributed by atoms with Crippen LogP contribution in [-0.2, 0) is 11.3 Å². The van der Waals surface area contributed by atoms with Crippen molar-refractivity contribution in [2.75, 3.05) is 0 Å². The van der Waals surface area contributed by atoms with Crippen LogP contribution in [0.15, 0.2) is 47.3 Å². The van der Waals surface area contributed by atoms with E-state index in [0.717, 1.165) is 24.8 Å². The van der Waals surface area contributed by atoms with Gasteiger partial charge in [-0.15, -0.1) is 0 Å².